The van der Waals surface area contributed by atoms with Gasteiger partial charge in [-0.2, -0.15) is 0 Å². The molecule has 0 amide bonds. The fourth-order valence-electron chi connectivity index (χ4n) is 4.02. The molecule has 1 aromatic carbocycles. The fourth-order valence-corrected chi connectivity index (χ4v) is 4.02. The summed E-state index contributed by atoms with van der Waals surface area (Å²) in [6.07, 6.45) is 2.63. The molecule has 2 aliphatic rings. The van der Waals surface area contributed by atoms with Crippen LogP contribution >= 0.6 is 0 Å². The van der Waals surface area contributed by atoms with Gasteiger partial charge in [-0.15, -0.1) is 0 Å². The first kappa shape index (κ1) is 14.1. The van der Waals surface area contributed by atoms with E-state index in [2.05, 4.69) is 64.2 Å². The zero-order valence-electron chi connectivity index (χ0n) is 13.7. The second kappa shape index (κ2) is 4.59. The Bertz CT molecular complexity index is 463. The normalized spacial score (nSPS) is 30.9. The van der Waals surface area contributed by atoms with Crippen LogP contribution in [0.25, 0.3) is 0 Å². The zero-order valence-corrected chi connectivity index (χ0v) is 13.7. The Hall–Kier alpha value is -0.820. The van der Waals surface area contributed by atoms with Crippen molar-refractivity contribution in [2.75, 3.05) is 6.54 Å². The third-order valence-electron chi connectivity index (χ3n) is 6.62. The van der Waals surface area contributed by atoms with Gasteiger partial charge in [-0.05, 0) is 54.5 Å². The van der Waals surface area contributed by atoms with Crippen LogP contribution in [0.3, 0.4) is 0 Å². The van der Waals surface area contributed by atoms with Crippen LogP contribution in [0.1, 0.15) is 57.6 Å². The molecule has 2 saturated carbocycles. The highest BCUT2D eigenvalue weighted by Gasteiger charge is 2.64. The van der Waals surface area contributed by atoms with Crippen molar-refractivity contribution in [3.05, 3.63) is 35.4 Å². The van der Waals surface area contributed by atoms with Gasteiger partial charge in [0.2, 0.25) is 0 Å². The standard InChI is InChI=1S/C19H29N/c1-13-6-8-14(9-7-13)15-10-16(11-15)20-12-17-18(2,3)19(17,4)5/h6-9,15-17,20H,10-12H2,1-5H3. The molecule has 3 rings (SSSR count). The fraction of sp³-hybridized carbons (Fsp3) is 0.684. The predicted molar refractivity (Wildman–Crippen MR) is 86.0 cm³/mol. The molecule has 0 atom stereocenters. The van der Waals surface area contributed by atoms with Crippen molar-refractivity contribution in [3.8, 4) is 0 Å². The Morgan fingerprint density at radius 3 is 2.05 bits per heavy atom. The first-order valence-corrected chi connectivity index (χ1v) is 8.12. The van der Waals surface area contributed by atoms with Gasteiger partial charge in [-0.3, -0.25) is 0 Å². The van der Waals surface area contributed by atoms with E-state index in [0.29, 0.717) is 10.8 Å². The smallest absolute Gasteiger partial charge is 0.00788 e. The number of benzene rings is 1. The van der Waals surface area contributed by atoms with Crippen molar-refractivity contribution in [1.29, 1.82) is 0 Å². The van der Waals surface area contributed by atoms with E-state index in [4.69, 9.17) is 0 Å². The van der Waals surface area contributed by atoms with Crippen LogP contribution in [0.15, 0.2) is 24.3 Å². The monoisotopic (exact) mass is 271 g/mol. The van der Waals surface area contributed by atoms with Crippen LogP contribution in [0.5, 0.6) is 0 Å². The van der Waals surface area contributed by atoms with Gasteiger partial charge >= 0.3 is 0 Å². The van der Waals surface area contributed by atoms with E-state index in [1.807, 2.05) is 0 Å². The Balaban J connectivity index is 1.44. The second-order valence-corrected chi connectivity index (χ2v) is 8.18. The van der Waals surface area contributed by atoms with E-state index in [1.165, 1.54) is 30.5 Å². The summed E-state index contributed by atoms with van der Waals surface area (Å²) in [5.74, 6) is 1.63. The topological polar surface area (TPSA) is 12.0 Å². The molecule has 0 saturated heterocycles. The van der Waals surface area contributed by atoms with Gasteiger partial charge in [0.1, 0.15) is 0 Å². The molecule has 0 bridgehead atoms. The highest BCUT2D eigenvalue weighted by Crippen LogP contribution is 2.68. The maximum atomic E-state index is 3.80. The molecule has 0 radical (unpaired) electrons. The van der Waals surface area contributed by atoms with Crippen LogP contribution < -0.4 is 5.32 Å². The van der Waals surface area contributed by atoms with E-state index >= 15 is 0 Å². The Morgan fingerprint density at radius 1 is 1.00 bits per heavy atom. The molecule has 1 N–H and O–H groups in total. The van der Waals surface area contributed by atoms with Crippen molar-refractivity contribution in [3.63, 3.8) is 0 Å². The van der Waals surface area contributed by atoms with Gasteiger partial charge in [-0.1, -0.05) is 57.5 Å². The molecule has 1 aromatic rings. The van der Waals surface area contributed by atoms with Crippen LogP contribution in [-0.4, -0.2) is 12.6 Å². The maximum absolute atomic E-state index is 3.80. The molecule has 1 nitrogen and oxygen atoms in total. The first-order valence-electron chi connectivity index (χ1n) is 8.12. The summed E-state index contributed by atoms with van der Waals surface area (Å²) in [7, 11) is 0. The molecule has 0 aliphatic heterocycles. The molecule has 2 aliphatic carbocycles. The number of hydrogen-bond donors (Lipinski definition) is 1. The highest BCUT2D eigenvalue weighted by atomic mass is 15.0. The Labute approximate surface area is 124 Å². The van der Waals surface area contributed by atoms with Gasteiger partial charge in [0.05, 0.1) is 0 Å². The van der Waals surface area contributed by atoms with Crippen molar-refractivity contribution >= 4 is 0 Å². The SMILES string of the molecule is Cc1ccc(C2CC(NCC3C(C)(C)C3(C)C)C2)cc1. The highest BCUT2D eigenvalue weighted by molar-refractivity contribution is 5.27. The lowest BCUT2D eigenvalue weighted by Gasteiger charge is -2.36. The summed E-state index contributed by atoms with van der Waals surface area (Å²) < 4.78 is 0. The lowest BCUT2D eigenvalue weighted by molar-refractivity contribution is 0.282. The van der Waals surface area contributed by atoms with Gasteiger partial charge in [0.25, 0.3) is 0 Å². The first-order chi connectivity index (χ1) is 9.32. The van der Waals surface area contributed by atoms with Crippen LogP contribution in [0.4, 0.5) is 0 Å². The van der Waals surface area contributed by atoms with Gasteiger partial charge in [0.15, 0.2) is 0 Å². The van der Waals surface area contributed by atoms with Gasteiger partial charge < -0.3 is 5.32 Å². The molecular weight excluding hydrogens is 242 g/mol. The summed E-state index contributed by atoms with van der Waals surface area (Å²) in [6.45, 7) is 13.0. The number of nitrogens with one attached hydrogen (secondary N) is 1. The van der Waals surface area contributed by atoms with E-state index in [0.717, 1.165) is 17.9 Å². The largest absolute Gasteiger partial charge is 0.314 e. The Kier molecular flexibility index (Phi) is 3.25. The summed E-state index contributed by atoms with van der Waals surface area (Å²) >= 11 is 0. The quantitative estimate of drug-likeness (QED) is 0.849. The van der Waals surface area contributed by atoms with Crippen molar-refractivity contribution in [2.45, 2.75) is 59.4 Å². The molecular formula is C19H29N. The van der Waals surface area contributed by atoms with Crippen LogP contribution in [0.2, 0.25) is 0 Å². The summed E-state index contributed by atoms with van der Waals surface area (Å²) in [5, 5.41) is 3.80. The minimum atomic E-state index is 0.514. The zero-order chi connectivity index (χ0) is 14.5. The average molecular weight is 271 g/mol. The number of aryl methyl sites for hydroxylation is 1. The Morgan fingerprint density at radius 2 is 1.55 bits per heavy atom. The average Bonchev–Trinajstić information content (AvgIpc) is 2.71. The molecule has 110 valence electrons. The number of rotatable bonds is 4. The van der Waals surface area contributed by atoms with Gasteiger partial charge in [0, 0.05) is 6.04 Å². The molecule has 1 heteroatoms. The molecule has 0 heterocycles. The van der Waals surface area contributed by atoms with Crippen LogP contribution in [-0.2, 0) is 0 Å². The third kappa shape index (κ3) is 2.20. The molecule has 0 aromatic heterocycles. The summed E-state index contributed by atoms with van der Waals surface area (Å²) in [6, 6.07) is 9.84. The predicted octanol–water partition coefficient (Wildman–Crippen LogP) is 4.51. The van der Waals surface area contributed by atoms with Crippen molar-refractivity contribution in [2.24, 2.45) is 16.7 Å². The van der Waals surface area contributed by atoms with Crippen LogP contribution in [0, 0.1) is 23.7 Å². The van der Waals surface area contributed by atoms with Crippen molar-refractivity contribution < 1.29 is 0 Å². The third-order valence-corrected chi connectivity index (χ3v) is 6.62. The lowest BCUT2D eigenvalue weighted by Crippen LogP contribution is -2.41. The summed E-state index contributed by atoms with van der Waals surface area (Å²) in [4.78, 5) is 0. The number of hydrogen-bond acceptors (Lipinski definition) is 1. The lowest BCUT2D eigenvalue weighted by atomic mass is 9.75. The second-order valence-electron chi connectivity index (χ2n) is 8.18. The molecule has 0 unspecified atom stereocenters. The molecule has 2 fully saturated rings. The minimum absolute atomic E-state index is 0.514. The maximum Gasteiger partial charge on any atom is 0.00788 e. The summed E-state index contributed by atoms with van der Waals surface area (Å²) in [5.41, 5.74) is 3.92. The molecule has 0 spiro atoms. The minimum Gasteiger partial charge on any atom is -0.314 e. The van der Waals surface area contributed by atoms with Gasteiger partial charge in [-0.25, -0.2) is 0 Å². The molecule has 20 heavy (non-hydrogen) atoms. The van der Waals surface area contributed by atoms with Crippen molar-refractivity contribution in [1.82, 2.24) is 5.32 Å². The van der Waals surface area contributed by atoms with E-state index in [1.54, 1.807) is 0 Å². The van der Waals surface area contributed by atoms with E-state index in [-0.39, 0.29) is 0 Å². The van der Waals surface area contributed by atoms with E-state index in [9.17, 15) is 0 Å². The van der Waals surface area contributed by atoms with E-state index < -0.39 is 0 Å².